The van der Waals surface area contributed by atoms with Gasteiger partial charge in [-0.05, 0) is 24.3 Å². The van der Waals surface area contributed by atoms with Crippen molar-refractivity contribution in [2.24, 2.45) is 0 Å². The van der Waals surface area contributed by atoms with Gasteiger partial charge in [-0.25, -0.2) is 0 Å². The zero-order valence-corrected chi connectivity index (χ0v) is 19.4. The molecule has 3 rings (SSSR count). The van der Waals surface area contributed by atoms with E-state index in [0.29, 0.717) is 0 Å². The molecule has 0 unspecified atom stereocenters. The lowest BCUT2D eigenvalue weighted by Gasteiger charge is -2.12. The maximum Gasteiger partial charge on any atom is 0.294 e. The number of rotatable bonds is 6. The van der Waals surface area contributed by atoms with Crippen LogP contribution in [0.2, 0.25) is 30.1 Å². The fourth-order valence-corrected chi connectivity index (χ4v) is 3.77. The molecular formula is C18H8Cl6N2O5. The third-order valence-corrected chi connectivity index (χ3v) is 6.30. The molecule has 1 aromatic heterocycles. The predicted octanol–water partition coefficient (Wildman–Crippen LogP) is 7.94. The Bertz CT molecular complexity index is 1170. The van der Waals surface area contributed by atoms with Crippen LogP contribution in [-0.2, 0) is 6.61 Å². The van der Waals surface area contributed by atoms with Crippen LogP contribution in [0, 0.1) is 10.1 Å². The number of halogens is 6. The van der Waals surface area contributed by atoms with Gasteiger partial charge < -0.3 is 14.5 Å². The second-order valence-corrected chi connectivity index (χ2v) is 8.15. The Labute approximate surface area is 204 Å². The highest BCUT2D eigenvalue weighted by molar-refractivity contribution is 6.55. The summed E-state index contributed by atoms with van der Waals surface area (Å²) in [6.45, 7) is -0.178. The maximum atomic E-state index is 12.4. The molecule has 2 aromatic carbocycles. The lowest BCUT2D eigenvalue weighted by Crippen LogP contribution is -2.12. The van der Waals surface area contributed by atoms with Crippen LogP contribution in [0.4, 0.5) is 11.4 Å². The molecule has 0 radical (unpaired) electrons. The Morgan fingerprint density at radius 3 is 2.19 bits per heavy atom. The average molecular weight is 545 g/mol. The summed E-state index contributed by atoms with van der Waals surface area (Å²) in [5, 5.41) is 13.5. The summed E-state index contributed by atoms with van der Waals surface area (Å²) in [4.78, 5) is 22.9. The van der Waals surface area contributed by atoms with Crippen molar-refractivity contribution in [3.8, 4) is 5.75 Å². The van der Waals surface area contributed by atoms with Gasteiger partial charge in [-0.3, -0.25) is 14.9 Å². The Morgan fingerprint density at radius 1 is 0.968 bits per heavy atom. The zero-order valence-electron chi connectivity index (χ0n) is 14.9. The molecular weight excluding hydrogens is 537 g/mol. The van der Waals surface area contributed by atoms with E-state index in [1.54, 1.807) is 0 Å². The van der Waals surface area contributed by atoms with E-state index in [9.17, 15) is 14.9 Å². The third kappa shape index (κ3) is 5.14. The summed E-state index contributed by atoms with van der Waals surface area (Å²) in [6.07, 6.45) is 0. The second kappa shape index (κ2) is 9.73. The monoisotopic (exact) mass is 542 g/mol. The van der Waals surface area contributed by atoms with E-state index in [1.807, 2.05) is 0 Å². The number of nitrogens with zero attached hydrogens (tertiary/aromatic N) is 1. The van der Waals surface area contributed by atoms with Gasteiger partial charge in [-0.15, -0.1) is 0 Å². The number of hydrogen-bond donors (Lipinski definition) is 1. The third-order valence-electron chi connectivity index (χ3n) is 3.82. The SMILES string of the molecule is O=C(Nc1ccc(Cl)cc1[N+](=O)[O-])c1ccc(COc2c(Cl)c(Cl)c(Cl)c(Cl)c2Cl)o1. The summed E-state index contributed by atoms with van der Waals surface area (Å²) >= 11 is 35.9. The van der Waals surface area contributed by atoms with Gasteiger partial charge in [-0.1, -0.05) is 69.6 Å². The van der Waals surface area contributed by atoms with Crippen molar-refractivity contribution in [3.63, 3.8) is 0 Å². The van der Waals surface area contributed by atoms with E-state index in [2.05, 4.69) is 5.32 Å². The molecule has 1 amide bonds. The number of nitro benzene ring substituents is 1. The summed E-state index contributed by atoms with van der Waals surface area (Å²) in [7, 11) is 0. The van der Waals surface area contributed by atoms with E-state index in [0.717, 1.165) is 6.07 Å². The van der Waals surface area contributed by atoms with Crippen molar-refractivity contribution in [2.75, 3.05) is 5.32 Å². The highest BCUT2D eigenvalue weighted by Crippen LogP contribution is 2.48. The summed E-state index contributed by atoms with van der Waals surface area (Å²) in [5.74, 6) is -0.621. The summed E-state index contributed by atoms with van der Waals surface area (Å²) in [5.41, 5.74) is -0.408. The van der Waals surface area contributed by atoms with Gasteiger partial charge in [0.2, 0.25) is 0 Å². The van der Waals surface area contributed by atoms with Gasteiger partial charge in [0.05, 0.1) is 20.0 Å². The molecule has 13 heteroatoms. The van der Waals surface area contributed by atoms with Gasteiger partial charge in [0.1, 0.15) is 28.1 Å². The topological polar surface area (TPSA) is 94.6 Å². The number of amides is 1. The van der Waals surface area contributed by atoms with Crippen molar-refractivity contribution in [2.45, 2.75) is 6.61 Å². The molecule has 31 heavy (non-hydrogen) atoms. The van der Waals surface area contributed by atoms with Crippen molar-refractivity contribution >= 4 is 86.9 Å². The fraction of sp³-hybridized carbons (Fsp3) is 0.0556. The van der Waals surface area contributed by atoms with Gasteiger partial charge >= 0.3 is 0 Å². The van der Waals surface area contributed by atoms with Gasteiger partial charge in [-0.2, -0.15) is 0 Å². The first-order chi connectivity index (χ1) is 14.6. The lowest BCUT2D eigenvalue weighted by atomic mass is 10.2. The average Bonchev–Trinajstić information content (AvgIpc) is 3.21. The molecule has 0 saturated carbocycles. The Hall–Kier alpha value is -1.87. The number of carbonyl (C=O) groups is 1. The molecule has 0 aliphatic heterocycles. The van der Waals surface area contributed by atoms with Crippen LogP contribution in [-0.4, -0.2) is 10.8 Å². The van der Waals surface area contributed by atoms with Crippen LogP contribution in [0.15, 0.2) is 34.7 Å². The van der Waals surface area contributed by atoms with E-state index in [1.165, 1.54) is 24.3 Å². The highest BCUT2D eigenvalue weighted by atomic mass is 35.5. The van der Waals surface area contributed by atoms with Gasteiger partial charge in [0, 0.05) is 11.1 Å². The minimum atomic E-state index is -0.717. The summed E-state index contributed by atoms with van der Waals surface area (Å²) < 4.78 is 10.9. The normalized spacial score (nSPS) is 10.8. The van der Waals surface area contributed by atoms with Crippen molar-refractivity contribution in [3.05, 3.63) is 82.1 Å². The number of furan rings is 1. The van der Waals surface area contributed by atoms with Crippen LogP contribution in [0.3, 0.4) is 0 Å². The zero-order chi connectivity index (χ0) is 22.9. The van der Waals surface area contributed by atoms with Gasteiger partial charge in [0.15, 0.2) is 11.5 Å². The molecule has 1 heterocycles. The highest BCUT2D eigenvalue weighted by Gasteiger charge is 2.22. The molecule has 7 nitrogen and oxygen atoms in total. The van der Waals surface area contributed by atoms with E-state index >= 15 is 0 Å². The number of hydrogen-bond acceptors (Lipinski definition) is 5. The molecule has 0 aliphatic rings. The lowest BCUT2D eigenvalue weighted by molar-refractivity contribution is -0.383. The van der Waals surface area contributed by atoms with E-state index < -0.39 is 10.8 Å². The fourth-order valence-electron chi connectivity index (χ4n) is 2.38. The Balaban J connectivity index is 1.75. The smallest absolute Gasteiger partial charge is 0.294 e. The van der Waals surface area contributed by atoms with Crippen LogP contribution < -0.4 is 10.1 Å². The molecule has 162 valence electrons. The van der Waals surface area contributed by atoms with Crippen molar-refractivity contribution < 1.29 is 18.9 Å². The molecule has 1 N–H and O–H groups in total. The van der Waals surface area contributed by atoms with E-state index in [4.69, 9.17) is 78.8 Å². The van der Waals surface area contributed by atoms with Crippen LogP contribution in [0.5, 0.6) is 5.75 Å². The minimum absolute atomic E-state index is 0.0121. The first-order valence-electron chi connectivity index (χ1n) is 8.08. The Kier molecular flexibility index (Phi) is 7.47. The van der Waals surface area contributed by atoms with Crippen LogP contribution in [0.1, 0.15) is 16.3 Å². The molecule has 0 saturated heterocycles. The van der Waals surface area contributed by atoms with Gasteiger partial charge in [0.25, 0.3) is 11.6 Å². The number of carbonyl (C=O) groups excluding carboxylic acids is 1. The predicted molar refractivity (Wildman–Crippen MR) is 121 cm³/mol. The number of ether oxygens (including phenoxy) is 1. The number of anilines is 1. The Morgan fingerprint density at radius 2 is 1.58 bits per heavy atom. The largest absolute Gasteiger partial charge is 0.482 e. The molecule has 3 aromatic rings. The molecule has 0 fully saturated rings. The summed E-state index contributed by atoms with van der Waals surface area (Å²) in [6, 6.07) is 6.66. The van der Waals surface area contributed by atoms with E-state index in [-0.39, 0.29) is 65.4 Å². The first kappa shape index (κ1) is 23.8. The molecule has 0 bridgehead atoms. The molecule has 0 spiro atoms. The number of nitro groups is 1. The van der Waals surface area contributed by atoms with Crippen molar-refractivity contribution in [1.29, 1.82) is 0 Å². The van der Waals surface area contributed by atoms with Crippen molar-refractivity contribution in [1.82, 2.24) is 0 Å². The van der Waals surface area contributed by atoms with Crippen LogP contribution in [0.25, 0.3) is 0 Å². The first-order valence-corrected chi connectivity index (χ1v) is 10.3. The number of benzene rings is 2. The van der Waals surface area contributed by atoms with Crippen LogP contribution >= 0.6 is 69.6 Å². The number of nitrogens with one attached hydrogen (secondary N) is 1. The standard InChI is InChI=1S/C18H8Cl6N2O5/c19-7-1-3-9(10(5-7)26(28)29)25-18(27)11-4-2-8(31-11)6-30-17-15(23)13(21)12(20)14(22)16(17)24/h1-5H,6H2,(H,25,27). The minimum Gasteiger partial charge on any atom is -0.482 e. The molecule has 0 aliphatic carbocycles. The maximum absolute atomic E-state index is 12.4. The molecule has 0 atom stereocenters. The quantitative estimate of drug-likeness (QED) is 0.147. The second-order valence-electron chi connectivity index (χ2n) is 5.83.